The van der Waals surface area contributed by atoms with E-state index < -0.39 is 12.1 Å². The molecule has 0 saturated carbocycles. The van der Waals surface area contributed by atoms with Gasteiger partial charge in [0.05, 0.1) is 0 Å². The van der Waals surface area contributed by atoms with E-state index in [-0.39, 0.29) is 12.5 Å². The Bertz CT molecular complexity index is 441. The number of halogens is 3. The molecule has 0 aliphatic carbocycles. The van der Waals surface area contributed by atoms with Crippen LogP contribution in [0.25, 0.3) is 0 Å². The van der Waals surface area contributed by atoms with Crippen LogP contribution in [0.15, 0.2) is 24.3 Å². The maximum atomic E-state index is 11.9. The SMILES string of the molecule is CC(=O)Nc1ccc(CNC(=O)C(F)(F)F)cc1. The summed E-state index contributed by atoms with van der Waals surface area (Å²) in [6.07, 6.45) is -4.88. The highest BCUT2D eigenvalue weighted by Crippen LogP contribution is 2.15. The molecule has 98 valence electrons. The summed E-state index contributed by atoms with van der Waals surface area (Å²) in [5.41, 5.74) is 1.04. The molecule has 0 bridgehead atoms. The van der Waals surface area contributed by atoms with E-state index in [4.69, 9.17) is 0 Å². The molecule has 0 spiro atoms. The lowest BCUT2D eigenvalue weighted by atomic mass is 10.2. The molecule has 7 heteroatoms. The average Bonchev–Trinajstić information content (AvgIpc) is 2.25. The van der Waals surface area contributed by atoms with E-state index in [1.54, 1.807) is 5.32 Å². The number of alkyl halides is 3. The quantitative estimate of drug-likeness (QED) is 0.871. The Morgan fingerprint density at radius 3 is 2.17 bits per heavy atom. The second kappa shape index (κ2) is 5.52. The Hall–Kier alpha value is -2.05. The zero-order valence-corrected chi connectivity index (χ0v) is 9.47. The van der Waals surface area contributed by atoms with E-state index in [1.165, 1.54) is 31.2 Å². The van der Waals surface area contributed by atoms with Crippen LogP contribution in [-0.2, 0) is 16.1 Å². The van der Waals surface area contributed by atoms with Crippen molar-refractivity contribution in [2.24, 2.45) is 0 Å². The largest absolute Gasteiger partial charge is 0.471 e. The molecule has 0 aliphatic rings. The molecule has 0 unspecified atom stereocenters. The predicted molar refractivity (Wildman–Crippen MR) is 58.6 cm³/mol. The average molecular weight is 260 g/mol. The first-order valence-corrected chi connectivity index (χ1v) is 5.00. The molecule has 1 rings (SSSR count). The summed E-state index contributed by atoms with van der Waals surface area (Å²) in [6, 6.07) is 6.11. The van der Waals surface area contributed by atoms with Gasteiger partial charge in [0.2, 0.25) is 5.91 Å². The van der Waals surface area contributed by atoms with Crippen LogP contribution >= 0.6 is 0 Å². The summed E-state index contributed by atoms with van der Waals surface area (Å²) >= 11 is 0. The Balaban J connectivity index is 2.54. The molecule has 2 N–H and O–H groups in total. The fourth-order valence-corrected chi connectivity index (χ4v) is 1.19. The van der Waals surface area contributed by atoms with Crippen LogP contribution in [0, 0.1) is 0 Å². The minimum atomic E-state index is -4.88. The first kappa shape index (κ1) is 14.0. The first-order valence-electron chi connectivity index (χ1n) is 5.00. The normalized spacial score (nSPS) is 10.9. The molecule has 1 aromatic rings. The van der Waals surface area contributed by atoms with Crippen LogP contribution in [0.1, 0.15) is 12.5 Å². The molecule has 0 aromatic heterocycles. The number of nitrogens with one attached hydrogen (secondary N) is 2. The Morgan fingerprint density at radius 1 is 1.17 bits per heavy atom. The number of carbonyl (C=O) groups excluding carboxylic acids is 2. The molecular formula is C11H11F3N2O2. The number of carbonyl (C=O) groups is 2. The number of amides is 2. The number of anilines is 1. The lowest BCUT2D eigenvalue weighted by molar-refractivity contribution is -0.173. The van der Waals surface area contributed by atoms with Crippen molar-refractivity contribution >= 4 is 17.5 Å². The standard InChI is InChI=1S/C11H11F3N2O2/c1-7(17)16-9-4-2-8(3-5-9)6-15-10(18)11(12,13)14/h2-5H,6H2,1H3,(H,15,18)(H,16,17). The molecule has 0 fully saturated rings. The zero-order valence-electron chi connectivity index (χ0n) is 9.47. The third kappa shape index (κ3) is 4.44. The van der Waals surface area contributed by atoms with Gasteiger partial charge in [-0.2, -0.15) is 13.2 Å². The monoisotopic (exact) mass is 260 g/mol. The highest BCUT2D eigenvalue weighted by Gasteiger charge is 2.38. The zero-order chi connectivity index (χ0) is 13.8. The van der Waals surface area contributed by atoms with Crippen molar-refractivity contribution in [3.63, 3.8) is 0 Å². The summed E-state index contributed by atoms with van der Waals surface area (Å²) in [5.74, 6) is -2.22. The van der Waals surface area contributed by atoms with Crippen molar-refractivity contribution in [1.82, 2.24) is 5.32 Å². The maximum Gasteiger partial charge on any atom is 0.471 e. The minimum absolute atomic E-state index is 0.224. The molecule has 0 aliphatic heterocycles. The Kier molecular flexibility index (Phi) is 4.30. The summed E-state index contributed by atoms with van der Waals surface area (Å²) in [4.78, 5) is 21.3. The molecular weight excluding hydrogens is 249 g/mol. The lowest BCUT2D eigenvalue weighted by Gasteiger charge is -2.08. The van der Waals surface area contributed by atoms with E-state index in [9.17, 15) is 22.8 Å². The van der Waals surface area contributed by atoms with Crippen molar-refractivity contribution in [2.75, 3.05) is 5.32 Å². The molecule has 0 atom stereocenters. The van der Waals surface area contributed by atoms with Crippen LogP contribution in [0.2, 0.25) is 0 Å². The van der Waals surface area contributed by atoms with Gasteiger partial charge in [0.25, 0.3) is 0 Å². The van der Waals surface area contributed by atoms with Crippen LogP contribution in [-0.4, -0.2) is 18.0 Å². The van der Waals surface area contributed by atoms with Crippen LogP contribution < -0.4 is 10.6 Å². The number of hydrogen-bond donors (Lipinski definition) is 2. The van der Waals surface area contributed by atoms with Gasteiger partial charge in [-0.15, -0.1) is 0 Å². The van der Waals surface area contributed by atoms with E-state index in [1.807, 2.05) is 0 Å². The summed E-state index contributed by atoms with van der Waals surface area (Å²) in [6.45, 7) is 1.12. The van der Waals surface area contributed by atoms with Gasteiger partial charge in [0.1, 0.15) is 0 Å². The smallest absolute Gasteiger partial charge is 0.344 e. The molecule has 2 amide bonds. The second-order valence-corrected chi connectivity index (χ2v) is 3.56. The van der Waals surface area contributed by atoms with Crippen LogP contribution in [0.4, 0.5) is 18.9 Å². The highest BCUT2D eigenvalue weighted by molar-refractivity contribution is 5.88. The number of rotatable bonds is 3. The minimum Gasteiger partial charge on any atom is -0.344 e. The fraction of sp³-hybridized carbons (Fsp3) is 0.273. The summed E-state index contributed by atoms with van der Waals surface area (Å²) in [7, 11) is 0. The topological polar surface area (TPSA) is 58.2 Å². The van der Waals surface area contributed by atoms with E-state index in [0.29, 0.717) is 11.3 Å². The molecule has 0 radical (unpaired) electrons. The van der Waals surface area contributed by atoms with Gasteiger partial charge < -0.3 is 10.6 Å². The van der Waals surface area contributed by atoms with Crippen LogP contribution in [0.5, 0.6) is 0 Å². The Morgan fingerprint density at radius 2 is 1.72 bits per heavy atom. The van der Waals surface area contributed by atoms with Crippen molar-refractivity contribution in [3.8, 4) is 0 Å². The van der Waals surface area contributed by atoms with Crippen molar-refractivity contribution in [2.45, 2.75) is 19.6 Å². The third-order valence-corrected chi connectivity index (χ3v) is 1.98. The van der Waals surface area contributed by atoms with Gasteiger partial charge in [-0.1, -0.05) is 12.1 Å². The summed E-state index contributed by atoms with van der Waals surface area (Å²) < 4.78 is 35.7. The molecule has 0 saturated heterocycles. The molecule has 1 aromatic carbocycles. The lowest BCUT2D eigenvalue weighted by Crippen LogP contribution is -2.36. The van der Waals surface area contributed by atoms with Crippen molar-refractivity contribution < 1.29 is 22.8 Å². The van der Waals surface area contributed by atoms with Crippen molar-refractivity contribution in [1.29, 1.82) is 0 Å². The second-order valence-electron chi connectivity index (χ2n) is 3.56. The Labute approximate surface area is 101 Å². The predicted octanol–water partition coefficient (Wildman–Crippen LogP) is 1.82. The van der Waals surface area contributed by atoms with Crippen molar-refractivity contribution in [3.05, 3.63) is 29.8 Å². The van der Waals surface area contributed by atoms with Gasteiger partial charge >= 0.3 is 12.1 Å². The first-order chi connectivity index (χ1) is 8.29. The van der Waals surface area contributed by atoms with Gasteiger partial charge in [-0.25, -0.2) is 0 Å². The van der Waals surface area contributed by atoms with Gasteiger partial charge in [0.15, 0.2) is 0 Å². The number of benzene rings is 1. The summed E-state index contributed by atoms with van der Waals surface area (Å²) in [5, 5.41) is 4.26. The van der Waals surface area contributed by atoms with Gasteiger partial charge in [-0.3, -0.25) is 9.59 Å². The fourth-order valence-electron chi connectivity index (χ4n) is 1.19. The molecule has 4 nitrogen and oxygen atoms in total. The molecule has 0 heterocycles. The van der Waals surface area contributed by atoms with E-state index >= 15 is 0 Å². The highest BCUT2D eigenvalue weighted by atomic mass is 19.4. The van der Waals surface area contributed by atoms with E-state index in [2.05, 4.69) is 5.32 Å². The van der Waals surface area contributed by atoms with Gasteiger partial charge in [-0.05, 0) is 17.7 Å². The maximum absolute atomic E-state index is 11.9. The van der Waals surface area contributed by atoms with Crippen LogP contribution in [0.3, 0.4) is 0 Å². The van der Waals surface area contributed by atoms with Gasteiger partial charge in [0, 0.05) is 19.2 Å². The van der Waals surface area contributed by atoms with E-state index in [0.717, 1.165) is 0 Å². The third-order valence-electron chi connectivity index (χ3n) is 1.98. The molecule has 18 heavy (non-hydrogen) atoms. The number of hydrogen-bond acceptors (Lipinski definition) is 2.